The van der Waals surface area contributed by atoms with Crippen LogP contribution >= 0.6 is 11.6 Å². The van der Waals surface area contributed by atoms with Gasteiger partial charge in [-0.15, -0.1) is 0 Å². The third-order valence-corrected chi connectivity index (χ3v) is 6.75. The number of hydrogen-bond donors (Lipinski definition) is 0. The van der Waals surface area contributed by atoms with E-state index in [9.17, 15) is 0 Å². The van der Waals surface area contributed by atoms with E-state index in [1.165, 1.54) is 76.6 Å². The number of benzene rings is 1. The molecule has 2 saturated heterocycles. The smallest absolute Gasteiger partial charge is 0.0754 e. The maximum absolute atomic E-state index is 6.57. The summed E-state index contributed by atoms with van der Waals surface area (Å²) in [4.78, 5) is 2.68. The summed E-state index contributed by atoms with van der Waals surface area (Å²) in [5, 5.41) is 0.836. The Morgan fingerprint density at radius 3 is 2.33 bits per heavy atom. The van der Waals surface area contributed by atoms with Gasteiger partial charge in [0, 0.05) is 23.4 Å². The van der Waals surface area contributed by atoms with Crippen molar-refractivity contribution >= 4 is 11.6 Å². The van der Waals surface area contributed by atoms with E-state index in [0.29, 0.717) is 11.8 Å². The highest BCUT2D eigenvalue weighted by atomic mass is 35.5. The van der Waals surface area contributed by atoms with Crippen LogP contribution in [0.2, 0.25) is 5.02 Å². The van der Waals surface area contributed by atoms with E-state index in [2.05, 4.69) is 29.2 Å². The van der Waals surface area contributed by atoms with Gasteiger partial charge in [0.1, 0.15) is 0 Å². The average Bonchev–Trinajstić information content (AvgIpc) is 2.95. The zero-order valence-corrected chi connectivity index (χ0v) is 15.4. The number of likely N-dealkylation sites (tertiary alicyclic amines) is 1. The lowest BCUT2D eigenvalue weighted by Crippen LogP contribution is -2.41. The maximum Gasteiger partial charge on any atom is 0.0754 e. The Morgan fingerprint density at radius 1 is 0.958 bits per heavy atom. The van der Waals surface area contributed by atoms with Gasteiger partial charge in [-0.05, 0) is 56.5 Å². The van der Waals surface area contributed by atoms with Crippen LogP contribution < -0.4 is 0 Å². The fraction of sp³-hybridized carbons (Fsp3) is 0.714. The molecule has 2 nitrogen and oxygen atoms in total. The number of nitrogens with zero attached hydrogens (tertiary/aromatic N) is 1. The molecule has 0 N–H and O–H groups in total. The molecule has 0 bridgehead atoms. The van der Waals surface area contributed by atoms with Crippen molar-refractivity contribution < 1.29 is 4.74 Å². The van der Waals surface area contributed by atoms with Crippen LogP contribution in [0.1, 0.15) is 62.8 Å². The van der Waals surface area contributed by atoms with Crippen LogP contribution in [0.15, 0.2) is 24.3 Å². The minimum absolute atomic E-state index is 0.0898. The Kier molecular flexibility index (Phi) is 5.17. The molecule has 0 aromatic heterocycles. The molecule has 2 heterocycles. The SMILES string of the molecule is Clc1ccc(C2C(CN3CCCCC3)COC23CCCCC3)cc1. The van der Waals surface area contributed by atoms with E-state index in [0.717, 1.165) is 11.6 Å². The van der Waals surface area contributed by atoms with Crippen molar-refractivity contribution in [3.8, 4) is 0 Å². The van der Waals surface area contributed by atoms with Crippen molar-refractivity contribution in [2.75, 3.05) is 26.2 Å². The molecule has 2 unspecified atom stereocenters. The van der Waals surface area contributed by atoms with Gasteiger partial charge in [0.05, 0.1) is 12.2 Å². The summed E-state index contributed by atoms with van der Waals surface area (Å²) < 4.78 is 6.57. The lowest BCUT2D eigenvalue weighted by molar-refractivity contribution is -0.0341. The summed E-state index contributed by atoms with van der Waals surface area (Å²) in [6, 6.07) is 8.62. The van der Waals surface area contributed by atoms with E-state index in [-0.39, 0.29) is 5.60 Å². The van der Waals surface area contributed by atoms with Crippen molar-refractivity contribution in [1.82, 2.24) is 4.90 Å². The quantitative estimate of drug-likeness (QED) is 0.739. The highest BCUT2D eigenvalue weighted by molar-refractivity contribution is 6.30. The van der Waals surface area contributed by atoms with Gasteiger partial charge < -0.3 is 9.64 Å². The number of piperidine rings is 1. The first-order valence-electron chi connectivity index (χ1n) is 9.89. The molecule has 132 valence electrons. The number of ether oxygens (including phenoxy) is 1. The Labute approximate surface area is 151 Å². The van der Waals surface area contributed by atoms with Gasteiger partial charge in [-0.25, -0.2) is 0 Å². The number of hydrogen-bond acceptors (Lipinski definition) is 2. The first kappa shape index (κ1) is 16.9. The Hall–Kier alpha value is -0.570. The zero-order valence-electron chi connectivity index (χ0n) is 14.7. The summed E-state index contributed by atoms with van der Waals surface area (Å²) >= 11 is 6.15. The topological polar surface area (TPSA) is 12.5 Å². The van der Waals surface area contributed by atoms with Gasteiger partial charge >= 0.3 is 0 Å². The molecule has 3 fully saturated rings. The number of halogens is 1. The summed E-state index contributed by atoms with van der Waals surface area (Å²) in [6.45, 7) is 4.69. The minimum Gasteiger partial charge on any atom is -0.374 e. The largest absolute Gasteiger partial charge is 0.374 e. The molecule has 1 spiro atoms. The molecule has 24 heavy (non-hydrogen) atoms. The van der Waals surface area contributed by atoms with E-state index >= 15 is 0 Å². The van der Waals surface area contributed by atoms with Crippen molar-refractivity contribution in [2.45, 2.75) is 62.9 Å². The normalized spacial score (nSPS) is 30.7. The van der Waals surface area contributed by atoms with Crippen LogP contribution in [0.25, 0.3) is 0 Å². The predicted octanol–water partition coefficient (Wildman–Crippen LogP) is 5.26. The van der Waals surface area contributed by atoms with Gasteiger partial charge in [-0.2, -0.15) is 0 Å². The van der Waals surface area contributed by atoms with Crippen molar-refractivity contribution in [3.05, 3.63) is 34.9 Å². The predicted molar refractivity (Wildman–Crippen MR) is 99.7 cm³/mol. The molecule has 2 aliphatic heterocycles. The van der Waals surface area contributed by atoms with Crippen LogP contribution in [-0.2, 0) is 4.74 Å². The summed E-state index contributed by atoms with van der Waals surface area (Å²) in [7, 11) is 0. The van der Waals surface area contributed by atoms with Gasteiger partial charge in [0.15, 0.2) is 0 Å². The second-order valence-corrected chi connectivity index (χ2v) is 8.52. The molecule has 0 amide bonds. The van der Waals surface area contributed by atoms with E-state index in [1.807, 2.05) is 0 Å². The molecule has 2 atom stereocenters. The Balaban J connectivity index is 1.58. The molecular weight excluding hydrogens is 318 g/mol. The second kappa shape index (κ2) is 7.35. The molecular formula is C21H30ClNO. The highest BCUT2D eigenvalue weighted by Gasteiger charge is 2.50. The minimum atomic E-state index is 0.0898. The van der Waals surface area contributed by atoms with Crippen molar-refractivity contribution in [3.63, 3.8) is 0 Å². The zero-order chi connectivity index (χ0) is 16.4. The van der Waals surface area contributed by atoms with Gasteiger partial charge in [-0.3, -0.25) is 0 Å². The standard InChI is InChI=1S/C21H30ClNO/c22-19-9-7-17(8-10-19)20-18(15-23-13-5-2-6-14-23)16-24-21(20)11-3-1-4-12-21/h7-10,18,20H,1-6,11-16H2. The van der Waals surface area contributed by atoms with E-state index < -0.39 is 0 Å². The summed E-state index contributed by atoms with van der Waals surface area (Å²) in [5.74, 6) is 1.17. The van der Waals surface area contributed by atoms with Crippen LogP contribution in [-0.4, -0.2) is 36.7 Å². The fourth-order valence-electron chi connectivity index (χ4n) is 5.37. The average molecular weight is 348 g/mol. The molecule has 1 aromatic carbocycles. The first-order valence-corrected chi connectivity index (χ1v) is 10.3. The first-order chi connectivity index (χ1) is 11.8. The molecule has 0 radical (unpaired) electrons. The van der Waals surface area contributed by atoms with Crippen LogP contribution in [0.5, 0.6) is 0 Å². The lowest BCUT2D eigenvalue weighted by Gasteiger charge is -2.40. The molecule has 1 aromatic rings. The van der Waals surface area contributed by atoms with Gasteiger partial charge in [-0.1, -0.05) is 49.4 Å². The summed E-state index contributed by atoms with van der Waals surface area (Å²) in [5.41, 5.74) is 1.54. The number of rotatable bonds is 3. The molecule has 4 rings (SSSR count). The monoisotopic (exact) mass is 347 g/mol. The van der Waals surface area contributed by atoms with E-state index in [1.54, 1.807) is 0 Å². The van der Waals surface area contributed by atoms with Crippen molar-refractivity contribution in [1.29, 1.82) is 0 Å². The van der Waals surface area contributed by atoms with Gasteiger partial charge in [0.25, 0.3) is 0 Å². The highest BCUT2D eigenvalue weighted by Crippen LogP contribution is 2.51. The van der Waals surface area contributed by atoms with Crippen LogP contribution in [0.3, 0.4) is 0 Å². The Morgan fingerprint density at radius 2 is 1.62 bits per heavy atom. The maximum atomic E-state index is 6.57. The van der Waals surface area contributed by atoms with Crippen molar-refractivity contribution in [2.24, 2.45) is 5.92 Å². The Bertz CT molecular complexity index is 531. The third-order valence-electron chi connectivity index (χ3n) is 6.49. The summed E-state index contributed by atoms with van der Waals surface area (Å²) in [6.07, 6.45) is 10.6. The molecule has 3 heteroatoms. The van der Waals surface area contributed by atoms with Crippen LogP contribution in [0.4, 0.5) is 0 Å². The fourth-order valence-corrected chi connectivity index (χ4v) is 5.50. The van der Waals surface area contributed by atoms with Crippen LogP contribution in [0, 0.1) is 5.92 Å². The molecule has 3 aliphatic rings. The van der Waals surface area contributed by atoms with E-state index in [4.69, 9.17) is 16.3 Å². The molecule has 1 aliphatic carbocycles. The molecule has 1 saturated carbocycles. The van der Waals surface area contributed by atoms with Gasteiger partial charge in [0.2, 0.25) is 0 Å². The lowest BCUT2D eigenvalue weighted by atomic mass is 9.69. The third kappa shape index (κ3) is 3.38. The second-order valence-electron chi connectivity index (χ2n) is 8.09.